The number of aromatic nitrogens is 3. The number of nitrogens with one attached hydrogen (secondary N) is 1. The summed E-state index contributed by atoms with van der Waals surface area (Å²) in [6, 6.07) is 11.8. The number of ether oxygens (including phenoxy) is 1. The smallest absolute Gasteiger partial charge is 0.251 e. The number of aryl methyl sites for hydroxylation is 1. The second kappa shape index (κ2) is 9.83. The molecule has 0 atom stereocenters. The van der Waals surface area contributed by atoms with Crippen molar-refractivity contribution in [2.24, 2.45) is 0 Å². The van der Waals surface area contributed by atoms with Crippen molar-refractivity contribution in [1.29, 1.82) is 0 Å². The number of carbonyl (C=O) groups is 1. The molecule has 2 heterocycles. The molecule has 1 amide bonds. The number of carbonyl (C=O) groups excluding carboxylic acids is 1. The zero-order chi connectivity index (χ0) is 23.4. The van der Waals surface area contributed by atoms with Gasteiger partial charge in [-0.05, 0) is 44.0 Å². The molecule has 0 radical (unpaired) electrons. The van der Waals surface area contributed by atoms with E-state index in [1.807, 2.05) is 31.2 Å². The number of fused-ring (bicyclic) bond motifs is 3. The van der Waals surface area contributed by atoms with E-state index in [1.165, 1.54) is 18.2 Å². The number of halogens is 1. The molecule has 9 heteroatoms. The van der Waals surface area contributed by atoms with Gasteiger partial charge in [0.15, 0.2) is 5.82 Å². The van der Waals surface area contributed by atoms with E-state index in [0.717, 1.165) is 35.1 Å². The second-order valence-corrected chi connectivity index (χ2v) is 7.73. The lowest BCUT2D eigenvalue weighted by Crippen LogP contribution is -2.24. The summed E-state index contributed by atoms with van der Waals surface area (Å²) in [5.74, 6) is 0.371. The van der Waals surface area contributed by atoms with Crippen LogP contribution in [0, 0.1) is 5.82 Å². The minimum atomic E-state index is -0.537. The maximum atomic E-state index is 13.3. The van der Waals surface area contributed by atoms with E-state index in [2.05, 4.69) is 14.9 Å². The van der Waals surface area contributed by atoms with Crippen LogP contribution in [0.5, 0.6) is 0 Å². The van der Waals surface area contributed by atoms with E-state index < -0.39 is 5.82 Å². The molecule has 0 bridgehead atoms. The zero-order valence-electron chi connectivity index (χ0n) is 18.5. The van der Waals surface area contributed by atoms with Gasteiger partial charge in [0.25, 0.3) is 5.91 Å². The standard InChI is InChI=1S/C24H27FN6O2/c1-2-33-14-20-30-21-22(16-7-3-4-8-19(16)29-23(21)27)31(20)12-6-5-11-28-24(32)15-9-10-17(25)18(26)13-15/h3-4,7-10,13H,2,5-6,11-12,14,26H2,1H3,(H2,27,29)(H,28,32). The molecule has 0 aliphatic carbocycles. The maximum Gasteiger partial charge on any atom is 0.251 e. The lowest BCUT2D eigenvalue weighted by Gasteiger charge is -2.11. The van der Waals surface area contributed by atoms with Gasteiger partial charge in [-0.15, -0.1) is 0 Å². The Balaban J connectivity index is 1.48. The molecule has 5 N–H and O–H groups in total. The van der Waals surface area contributed by atoms with E-state index in [0.29, 0.717) is 43.2 Å². The molecule has 0 spiro atoms. The normalized spacial score (nSPS) is 11.3. The van der Waals surface area contributed by atoms with Crippen LogP contribution in [0.15, 0.2) is 42.5 Å². The summed E-state index contributed by atoms with van der Waals surface area (Å²) in [4.78, 5) is 21.5. The molecule has 0 aliphatic heterocycles. The summed E-state index contributed by atoms with van der Waals surface area (Å²) in [5, 5.41) is 3.84. The van der Waals surface area contributed by atoms with Crippen molar-refractivity contribution in [1.82, 2.24) is 19.9 Å². The fourth-order valence-electron chi connectivity index (χ4n) is 3.83. The van der Waals surface area contributed by atoms with Crippen LogP contribution < -0.4 is 16.8 Å². The second-order valence-electron chi connectivity index (χ2n) is 7.73. The first-order chi connectivity index (χ1) is 16.0. The molecule has 33 heavy (non-hydrogen) atoms. The Hall–Kier alpha value is -3.72. The molecule has 0 aliphatic rings. The molecule has 8 nitrogen and oxygen atoms in total. The van der Waals surface area contributed by atoms with Crippen molar-refractivity contribution in [2.75, 3.05) is 24.6 Å². The summed E-state index contributed by atoms with van der Waals surface area (Å²) >= 11 is 0. The van der Waals surface area contributed by atoms with Gasteiger partial charge in [0.2, 0.25) is 0 Å². The molecule has 0 saturated heterocycles. The molecule has 0 fully saturated rings. The third-order valence-electron chi connectivity index (χ3n) is 5.48. The quantitative estimate of drug-likeness (QED) is 0.264. The maximum absolute atomic E-state index is 13.3. The first-order valence-corrected chi connectivity index (χ1v) is 10.9. The highest BCUT2D eigenvalue weighted by Gasteiger charge is 2.17. The van der Waals surface area contributed by atoms with Crippen LogP contribution in [0.1, 0.15) is 35.9 Å². The molecule has 2 aromatic heterocycles. The van der Waals surface area contributed by atoms with Crippen molar-refractivity contribution in [3.8, 4) is 0 Å². The van der Waals surface area contributed by atoms with E-state index in [1.54, 1.807) is 0 Å². The summed E-state index contributed by atoms with van der Waals surface area (Å²) in [6.07, 6.45) is 1.54. The van der Waals surface area contributed by atoms with Crippen molar-refractivity contribution in [3.05, 3.63) is 59.7 Å². The number of anilines is 2. The highest BCUT2D eigenvalue weighted by atomic mass is 19.1. The highest BCUT2D eigenvalue weighted by Crippen LogP contribution is 2.29. The van der Waals surface area contributed by atoms with E-state index in [9.17, 15) is 9.18 Å². The van der Waals surface area contributed by atoms with Gasteiger partial charge >= 0.3 is 0 Å². The molecule has 2 aromatic carbocycles. The number of nitrogens with two attached hydrogens (primary N) is 2. The van der Waals surface area contributed by atoms with Gasteiger partial charge in [-0.25, -0.2) is 14.4 Å². The minimum absolute atomic E-state index is 0.0440. The topological polar surface area (TPSA) is 121 Å². The predicted octanol–water partition coefficient (Wildman–Crippen LogP) is 3.63. The Kier molecular flexibility index (Phi) is 6.69. The Morgan fingerprint density at radius 1 is 1.15 bits per heavy atom. The van der Waals surface area contributed by atoms with Crippen LogP contribution in [-0.4, -0.2) is 33.6 Å². The van der Waals surface area contributed by atoms with E-state index in [4.69, 9.17) is 21.2 Å². The molecule has 0 saturated carbocycles. The third-order valence-corrected chi connectivity index (χ3v) is 5.48. The fraction of sp³-hybridized carbons (Fsp3) is 0.292. The molecule has 4 aromatic rings. The largest absolute Gasteiger partial charge is 0.396 e. The Bertz CT molecular complexity index is 1300. The van der Waals surface area contributed by atoms with Gasteiger partial charge in [-0.2, -0.15) is 0 Å². The average molecular weight is 451 g/mol. The third kappa shape index (κ3) is 4.73. The van der Waals surface area contributed by atoms with Gasteiger partial charge in [0, 0.05) is 30.6 Å². The lowest BCUT2D eigenvalue weighted by atomic mass is 10.1. The summed E-state index contributed by atoms with van der Waals surface area (Å²) in [7, 11) is 0. The number of benzene rings is 2. The minimum Gasteiger partial charge on any atom is -0.396 e. The van der Waals surface area contributed by atoms with Crippen LogP contribution >= 0.6 is 0 Å². The van der Waals surface area contributed by atoms with Crippen molar-refractivity contribution in [3.63, 3.8) is 0 Å². The first-order valence-electron chi connectivity index (χ1n) is 10.9. The number of nitrogens with zero attached hydrogens (tertiary/aromatic N) is 3. The average Bonchev–Trinajstić information content (AvgIpc) is 3.18. The molecule has 172 valence electrons. The van der Waals surface area contributed by atoms with Crippen molar-refractivity contribution in [2.45, 2.75) is 32.9 Å². The summed E-state index contributed by atoms with van der Waals surface area (Å²) in [5.41, 5.74) is 14.5. The van der Waals surface area contributed by atoms with Crippen molar-refractivity contribution < 1.29 is 13.9 Å². The number of hydrogen-bond acceptors (Lipinski definition) is 6. The summed E-state index contributed by atoms with van der Waals surface area (Å²) < 4.78 is 21.1. The SMILES string of the molecule is CCOCc1nc2c(N)nc3ccccc3c2n1CCCCNC(=O)c1ccc(F)c(N)c1. The molecular weight excluding hydrogens is 423 g/mol. The van der Waals surface area contributed by atoms with Crippen molar-refractivity contribution >= 4 is 39.3 Å². The Morgan fingerprint density at radius 3 is 2.76 bits per heavy atom. The Morgan fingerprint density at radius 2 is 1.97 bits per heavy atom. The van der Waals surface area contributed by atoms with Gasteiger partial charge in [0.1, 0.15) is 23.8 Å². The number of imidazole rings is 1. The number of unbranched alkanes of at least 4 members (excludes halogenated alkanes) is 1. The number of pyridine rings is 1. The first kappa shape index (κ1) is 22.5. The van der Waals surface area contributed by atoms with Gasteiger partial charge in [-0.3, -0.25) is 4.79 Å². The molecular formula is C24H27FN6O2. The van der Waals surface area contributed by atoms with Gasteiger partial charge < -0.3 is 26.1 Å². The number of nitrogen functional groups attached to an aromatic ring is 2. The van der Waals surface area contributed by atoms with Gasteiger partial charge in [0.05, 0.1) is 16.7 Å². The number of para-hydroxylation sites is 1. The Labute approximate surface area is 190 Å². The molecule has 0 unspecified atom stereocenters. The van der Waals surface area contributed by atoms with Crippen LogP contribution in [0.25, 0.3) is 21.9 Å². The fourth-order valence-corrected chi connectivity index (χ4v) is 3.83. The van der Waals surface area contributed by atoms with Crippen LogP contribution in [-0.2, 0) is 17.9 Å². The summed E-state index contributed by atoms with van der Waals surface area (Å²) in [6.45, 7) is 4.06. The number of amides is 1. The van der Waals surface area contributed by atoms with Crippen LogP contribution in [0.4, 0.5) is 15.9 Å². The van der Waals surface area contributed by atoms with E-state index >= 15 is 0 Å². The highest BCUT2D eigenvalue weighted by molar-refractivity contribution is 6.06. The monoisotopic (exact) mass is 450 g/mol. The molecule has 4 rings (SSSR count). The van der Waals surface area contributed by atoms with Crippen LogP contribution in [0.2, 0.25) is 0 Å². The zero-order valence-corrected chi connectivity index (χ0v) is 18.5. The lowest BCUT2D eigenvalue weighted by molar-refractivity contribution is 0.0953. The van der Waals surface area contributed by atoms with Gasteiger partial charge in [-0.1, -0.05) is 18.2 Å². The number of rotatable bonds is 9. The number of hydrogen-bond donors (Lipinski definition) is 3. The predicted molar refractivity (Wildman–Crippen MR) is 127 cm³/mol. The van der Waals surface area contributed by atoms with Crippen LogP contribution in [0.3, 0.4) is 0 Å². The van der Waals surface area contributed by atoms with E-state index in [-0.39, 0.29) is 11.6 Å².